The second-order valence-electron chi connectivity index (χ2n) is 8.11. The Morgan fingerprint density at radius 3 is 2.50 bits per heavy atom. The van der Waals surface area contributed by atoms with Crippen molar-refractivity contribution in [2.45, 2.75) is 58.0 Å². The highest BCUT2D eigenvalue weighted by molar-refractivity contribution is 6.30. The van der Waals surface area contributed by atoms with Gasteiger partial charge in [-0.25, -0.2) is 4.98 Å². The number of aliphatic hydroxyl groups is 1. The Morgan fingerprint density at radius 2 is 1.93 bits per heavy atom. The number of Topliss-reactive ketones (excluding diaryl/α,β-unsaturated/α-hetero) is 1. The zero-order chi connectivity index (χ0) is 21.8. The molecule has 162 valence electrons. The minimum absolute atomic E-state index is 0.0124. The maximum absolute atomic E-state index is 13.7. The zero-order valence-corrected chi connectivity index (χ0v) is 17.8. The fourth-order valence-electron chi connectivity index (χ4n) is 4.14. The van der Waals surface area contributed by atoms with Crippen LogP contribution in [0.4, 0.5) is 0 Å². The van der Waals surface area contributed by atoms with E-state index >= 15 is 0 Å². The molecule has 1 aliphatic rings. The first-order chi connectivity index (χ1) is 14.3. The molecule has 2 atom stereocenters. The van der Waals surface area contributed by atoms with Gasteiger partial charge in [-0.15, -0.1) is 0 Å². The highest BCUT2D eigenvalue weighted by atomic mass is 35.5. The van der Waals surface area contributed by atoms with Crippen molar-refractivity contribution < 1.29 is 24.2 Å². The standard InChI is InChI=1S/C21H26ClN3O5/c1-20(2,18(29-14-26)15-6-4-3-5-7-15)19(27)21(28,25-13-23-12-24-25)30-17-10-8-16(22)9-11-17/h8-15,18,28H,3-7H2,1-2H3. The first-order valence-corrected chi connectivity index (χ1v) is 10.3. The van der Waals surface area contributed by atoms with E-state index in [1.54, 1.807) is 26.0 Å². The molecule has 1 N–H and O–H groups in total. The van der Waals surface area contributed by atoms with Crippen LogP contribution in [-0.4, -0.2) is 38.2 Å². The summed E-state index contributed by atoms with van der Waals surface area (Å²) in [6.45, 7) is 3.65. The van der Waals surface area contributed by atoms with Gasteiger partial charge >= 0.3 is 5.91 Å². The molecule has 1 aliphatic carbocycles. The Morgan fingerprint density at radius 1 is 1.27 bits per heavy atom. The summed E-state index contributed by atoms with van der Waals surface area (Å²) in [5, 5.41) is 15.8. The van der Waals surface area contributed by atoms with Gasteiger partial charge in [-0.05, 0) is 56.9 Å². The quantitative estimate of drug-likeness (QED) is 0.475. The fraction of sp³-hybridized carbons (Fsp3) is 0.524. The van der Waals surface area contributed by atoms with E-state index < -0.39 is 23.2 Å². The second kappa shape index (κ2) is 9.14. The lowest BCUT2D eigenvalue weighted by atomic mass is 9.70. The van der Waals surface area contributed by atoms with Crippen LogP contribution >= 0.6 is 11.6 Å². The monoisotopic (exact) mass is 435 g/mol. The van der Waals surface area contributed by atoms with Crippen molar-refractivity contribution in [2.75, 3.05) is 0 Å². The zero-order valence-electron chi connectivity index (χ0n) is 17.0. The molecule has 0 saturated heterocycles. The predicted octanol–water partition coefficient (Wildman–Crippen LogP) is 3.33. The molecule has 2 unspecified atom stereocenters. The predicted molar refractivity (Wildman–Crippen MR) is 109 cm³/mol. The Bertz CT molecular complexity index is 850. The molecule has 1 aromatic carbocycles. The first kappa shape index (κ1) is 22.2. The normalized spacial score (nSPS) is 18.3. The Balaban J connectivity index is 1.97. The molecular weight excluding hydrogens is 410 g/mol. The van der Waals surface area contributed by atoms with Crippen LogP contribution in [0.5, 0.6) is 5.75 Å². The number of carbonyl (C=O) groups is 2. The minimum atomic E-state index is -2.49. The molecule has 1 aromatic heterocycles. The van der Waals surface area contributed by atoms with E-state index in [1.807, 2.05) is 0 Å². The number of carbonyl (C=O) groups excluding carboxylic acids is 2. The molecule has 2 aromatic rings. The molecular formula is C21H26ClN3O5. The summed E-state index contributed by atoms with van der Waals surface area (Å²) in [6, 6.07) is 6.22. The number of hydrogen-bond donors (Lipinski definition) is 1. The number of nitrogens with zero attached hydrogens (tertiary/aromatic N) is 3. The highest BCUT2D eigenvalue weighted by Crippen LogP contribution is 2.40. The number of aromatic nitrogens is 3. The Hall–Kier alpha value is -2.45. The van der Waals surface area contributed by atoms with Crippen LogP contribution in [0.2, 0.25) is 5.02 Å². The third-order valence-electron chi connectivity index (χ3n) is 5.68. The summed E-state index contributed by atoms with van der Waals surface area (Å²) >= 11 is 5.92. The number of ether oxygens (including phenoxy) is 2. The molecule has 0 aliphatic heterocycles. The number of halogens is 1. The van der Waals surface area contributed by atoms with Crippen molar-refractivity contribution in [1.82, 2.24) is 14.8 Å². The van der Waals surface area contributed by atoms with Crippen LogP contribution in [0.25, 0.3) is 0 Å². The number of rotatable bonds is 9. The maximum Gasteiger partial charge on any atom is 0.376 e. The Kier molecular flexibility index (Phi) is 6.77. The molecule has 1 saturated carbocycles. The van der Waals surface area contributed by atoms with Gasteiger partial charge in [0, 0.05) is 5.02 Å². The lowest BCUT2D eigenvalue weighted by molar-refractivity contribution is -0.226. The first-order valence-electron chi connectivity index (χ1n) is 9.95. The van der Waals surface area contributed by atoms with Gasteiger partial charge in [0.2, 0.25) is 5.78 Å². The number of benzene rings is 1. The largest absolute Gasteiger partial charge is 0.463 e. The van der Waals surface area contributed by atoms with Crippen molar-refractivity contribution in [3.8, 4) is 5.75 Å². The van der Waals surface area contributed by atoms with Gasteiger partial charge in [0.25, 0.3) is 6.47 Å². The molecule has 0 bridgehead atoms. The second-order valence-corrected chi connectivity index (χ2v) is 8.54. The number of hydrogen-bond acceptors (Lipinski definition) is 7. The van der Waals surface area contributed by atoms with Gasteiger partial charge < -0.3 is 14.6 Å². The van der Waals surface area contributed by atoms with E-state index in [2.05, 4.69) is 10.1 Å². The third-order valence-corrected chi connectivity index (χ3v) is 5.93. The summed E-state index contributed by atoms with van der Waals surface area (Å²) in [5.41, 5.74) is -1.27. The minimum Gasteiger partial charge on any atom is -0.463 e. The lowest BCUT2D eigenvalue weighted by Gasteiger charge is -2.41. The van der Waals surface area contributed by atoms with Crippen LogP contribution in [0.15, 0.2) is 36.9 Å². The lowest BCUT2D eigenvalue weighted by Crippen LogP contribution is -2.57. The van der Waals surface area contributed by atoms with Crippen LogP contribution in [0, 0.1) is 11.3 Å². The molecule has 3 rings (SSSR count). The molecule has 1 heterocycles. The van der Waals surface area contributed by atoms with Gasteiger partial charge in [0.1, 0.15) is 24.5 Å². The molecule has 9 heteroatoms. The summed E-state index contributed by atoms with van der Waals surface area (Å²) < 4.78 is 12.1. The highest BCUT2D eigenvalue weighted by Gasteiger charge is 2.55. The smallest absolute Gasteiger partial charge is 0.376 e. The van der Waals surface area contributed by atoms with Crippen LogP contribution in [0.1, 0.15) is 46.0 Å². The Labute approximate surface area is 180 Å². The van der Waals surface area contributed by atoms with E-state index in [0.29, 0.717) is 11.5 Å². The van der Waals surface area contributed by atoms with Crippen LogP contribution in [0.3, 0.4) is 0 Å². The van der Waals surface area contributed by atoms with Crippen molar-refractivity contribution >= 4 is 23.9 Å². The molecule has 0 radical (unpaired) electrons. The average molecular weight is 436 g/mol. The maximum atomic E-state index is 13.7. The van der Waals surface area contributed by atoms with E-state index in [4.69, 9.17) is 21.1 Å². The van der Waals surface area contributed by atoms with Gasteiger partial charge in [0.15, 0.2) is 0 Å². The summed E-state index contributed by atoms with van der Waals surface area (Å²) in [6.07, 6.45) is 6.47. The topological polar surface area (TPSA) is 104 Å². The van der Waals surface area contributed by atoms with Crippen LogP contribution < -0.4 is 4.74 Å². The van der Waals surface area contributed by atoms with Gasteiger partial charge in [-0.3, -0.25) is 9.59 Å². The summed E-state index contributed by atoms with van der Waals surface area (Å²) in [5.74, 6) is -2.97. The molecule has 0 spiro atoms. The van der Waals surface area contributed by atoms with Crippen molar-refractivity contribution in [3.63, 3.8) is 0 Å². The van der Waals surface area contributed by atoms with Crippen LogP contribution in [-0.2, 0) is 20.2 Å². The van der Waals surface area contributed by atoms with Gasteiger partial charge in [-0.2, -0.15) is 9.78 Å². The van der Waals surface area contributed by atoms with Gasteiger partial charge in [0.05, 0.1) is 5.41 Å². The average Bonchev–Trinajstić information content (AvgIpc) is 3.29. The van der Waals surface area contributed by atoms with Crippen molar-refractivity contribution in [2.24, 2.45) is 11.3 Å². The van der Waals surface area contributed by atoms with E-state index in [0.717, 1.165) is 36.8 Å². The molecule has 8 nitrogen and oxygen atoms in total. The summed E-state index contributed by atoms with van der Waals surface area (Å²) in [7, 11) is 0. The van der Waals surface area contributed by atoms with E-state index in [-0.39, 0.29) is 11.7 Å². The number of ketones is 1. The SMILES string of the molecule is CC(C)(C(=O)C(O)(Oc1ccc(Cl)cc1)n1cncn1)C(OC=O)C1CCCCC1. The molecule has 0 amide bonds. The molecule has 30 heavy (non-hydrogen) atoms. The van der Waals surface area contributed by atoms with Crippen molar-refractivity contribution in [1.29, 1.82) is 0 Å². The fourth-order valence-corrected chi connectivity index (χ4v) is 4.27. The third kappa shape index (κ3) is 4.49. The van der Waals surface area contributed by atoms with Crippen molar-refractivity contribution in [3.05, 3.63) is 41.9 Å². The van der Waals surface area contributed by atoms with Gasteiger partial charge in [-0.1, -0.05) is 30.9 Å². The summed E-state index contributed by atoms with van der Waals surface area (Å²) in [4.78, 5) is 28.8. The van der Waals surface area contributed by atoms with E-state index in [1.165, 1.54) is 24.8 Å². The van der Waals surface area contributed by atoms with E-state index in [9.17, 15) is 14.7 Å². The molecule has 1 fully saturated rings.